The minimum Gasteiger partial charge on any atom is -0.756 e. The number of rotatable bonds is 20. The van der Waals surface area contributed by atoms with Crippen molar-refractivity contribution in [1.82, 2.24) is 0 Å². The normalized spacial score (nSPS) is 15.6. The van der Waals surface area contributed by atoms with E-state index < -0.39 is 7.82 Å². The largest absolute Gasteiger partial charge is 1.00 e. The summed E-state index contributed by atoms with van der Waals surface area (Å²) >= 11 is 0. The van der Waals surface area contributed by atoms with Crippen LogP contribution >= 0.6 is 7.82 Å². The van der Waals surface area contributed by atoms with Gasteiger partial charge in [-0.1, -0.05) is 105 Å². The average Bonchev–Trinajstić information content (AvgIpc) is 2.60. The van der Waals surface area contributed by atoms with E-state index in [1.54, 1.807) is 0 Å². The molecular formula is C22H46NaO4P. The van der Waals surface area contributed by atoms with Crippen molar-refractivity contribution in [2.75, 3.05) is 13.2 Å². The van der Waals surface area contributed by atoms with E-state index in [9.17, 15) is 9.46 Å². The van der Waals surface area contributed by atoms with E-state index >= 15 is 0 Å². The van der Waals surface area contributed by atoms with Gasteiger partial charge in [0.05, 0.1) is 13.2 Å². The summed E-state index contributed by atoms with van der Waals surface area (Å²) in [6.45, 7) is 9.58. The SMILES string of the molecule is CCCC(C)CCCCCCOP(=O)([O-])OCCCCCCC(C)CCC.[Na+]. The molecule has 0 heterocycles. The molecule has 6 heteroatoms. The van der Waals surface area contributed by atoms with E-state index in [0.29, 0.717) is 0 Å². The van der Waals surface area contributed by atoms with Gasteiger partial charge in [0.15, 0.2) is 0 Å². The summed E-state index contributed by atoms with van der Waals surface area (Å²) in [5.41, 5.74) is 0. The minimum absolute atomic E-state index is 0. The fourth-order valence-electron chi connectivity index (χ4n) is 3.56. The molecule has 4 nitrogen and oxygen atoms in total. The van der Waals surface area contributed by atoms with Crippen molar-refractivity contribution in [3.8, 4) is 0 Å². The van der Waals surface area contributed by atoms with Crippen LogP contribution in [0.1, 0.15) is 118 Å². The Kier molecular flexibility index (Phi) is 23.9. The van der Waals surface area contributed by atoms with Gasteiger partial charge in [-0.05, 0) is 24.7 Å². The summed E-state index contributed by atoms with van der Waals surface area (Å²) < 4.78 is 21.6. The Hall–Kier alpha value is 1.11. The molecule has 0 aromatic heterocycles. The van der Waals surface area contributed by atoms with Crippen LogP contribution in [0.4, 0.5) is 0 Å². The van der Waals surface area contributed by atoms with Crippen molar-refractivity contribution in [3.05, 3.63) is 0 Å². The smallest absolute Gasteiger partial charge is 0.756 e. The Labute approximate surface area is 197 Å². The molecule has 0 fully saturated rings. The monoisotopic (exact) mass is 428 g/mol. The van der Waals surface area contributed by atoms with Gasteiger partial charge in [0, 0.05) is 0 Å². The first-order chi connectivity index (χ1) is 12.9. The fourth-order valence-corrected chi connectivity index (χ4v) is 4.34. The van der Waals surface area contributed by atoms with Gasteiger partial charge in [-0.25, -0.2) is 0 Å². The molecule has 0 bridgehead atoms. The number of unbranched alkanes of at least 4 members (excludes halogenated alkanes) is 6. The number of phosphoric ester groups is 1. The Balaban J connectivity index is 0. The molecule has 2 atom stereocenters. The molecule has 0 aliphatic heterocycles. The zero-order chi connectivity index (χ0) is 20.4. The quantitative estimate of drug-likeness (QED) is 0.165. The second-order valence-corrected chi connectivity index (χ2v) is 9.72. The summed E-state index contributed by atoms with van der Waals surface area (Å²) in [6, 6.07) is 0. The zero-order valence-corrected chi connectivity index (χ0v) is 22.4. The average molecular weight is 429 g/mol. The predicted molar refractivity (Wildman–Crippen MR) is 114 cm³/mol. The number of hydrogen-bond donors (Lipinski definition) is 0. The van der Waals surface area contributed by atoms with Gasteiger partial charge in [-0.2, -0.15) is 0 Å². The van der Waals surface area contributed by atoms with E-state index in [-0.39, 0.29) is 42.8 Å². The second-order valence-electron chi connectivity index (χ2n) is 8.31. The van der Waals surface area contributed by atoms with E-state index in [0.717, 1.165) is 50.4 Å². The molecule has 0 saturated carbocycles. The van der Waals surface area contributed by atoms with Crippen LogP contribution in [0.3, 0.4) is 0 Å². The first-order valence-electron chi connectivity index (χ1n) is 11.5. The van der Waals surface area contributed by atoms with E-state index in [4.69, 9.17) is 9.05 Å². The van der Waals surface area contributed by atoms with Crippen LogP contribution in [0.25, 0.3) is 0 Å². The van der Waals surface area contributed by atoms with Crippen LogP contribution in [0, 0.1) is 11.8 Å². The molecule has 28 heavy (non-hydrogen) atoms. The molecular weight excluding hydrogens is 382 g/mol. The van der Waals surface area contributed by atoms with Gasteiger partial charge in [-0.3, -0.25) is 4.57 Å². The Morgan fingerprint density at radius 1 is 0.679 bits per heavy atom. The van der Waals surface area contributed by atoms with E-state index in [2.05, 4.69) is 27.7 Å². The van der Waals surface area contributed by atoms with Gasteiger partial charge in [0.2, 0.25) is 0 Å². The Bertz CT molecular complexity index is 338. The molecule has 0 aliphatic rings. The molecule has 2 unspecified atom stereocenters. The molecule has 0 spiro atoms. The molecule has 0 amide bonds. The van der Waals surface area contributed by atoms with Crippen LogP contribution in [0.15, 0.2) is 0 Å². The summed E-state index contributed by atoms with van der Waals surface area (Å²) in [4.78, 5) is 11.7. The van der Waals surface area contributed by atoms with Crippen LogP contribution in [0.5, 0.6) is 0 Å². The van der Waals surface area contributed by atoms with Gasteiger partial charge in [0.1, 0.15) is 0 Å². The third kappa shape index (κ3) is 21.8. The molecule has 0 rings (SSSR count). The molecule has 0 aliphatic carbocycles. The fraction of sp³-hybridized carbons (Fsp3) is 1.00. The first kappa shape index (κ1) is 31.3. The van der Waals surface area contributed by atoms with Crippen molar-refractivity contribution in [2.24, 2.45) is 11.8 Å². The third-order valence-electron chi connectivity index (χ3n) is 5.24. The van der Waals surface area contributed by atoms with Crippen LogP contribution in [-0.2, 0) is 13.6 Å². The van der Waals surface area contributed by atoms with Crippen molar-refractivity contribution in [1.29, 1.82) is 0 Å². The number of phosphoric acid groups is 1. The third-order valence-corrected chi connectivity index (χ3v) is 6.24. The standard InChI is InChI=1S/C22H47O4P.Na/c1-5-15-21(3)17-11-7-9-13-19-25-27(23,24)26-20-14-10-8-12-18-22(4)16-6-2;/h21-22H,5-20H2,1-4H3,(H,23,24);/q;+1/p-1. The summed E-state index contributed by atoms with van der Waals surface area (Å²) in [7, 11) is -4.10. The van der Waals surface area contributed by atoms with E-state index in [1.807, 2.05) is 0 Å². The summed E-state index contributed by atoms with van der Waals surface area (Å²) in [5, 5.41) is 0. The summed E-state index contributed by atoms with van der Waals surface area (Å²) in [6.07, 6.45) is 16.0. The van der Waals surface area contributed by atoms with Gasteiger partial charge >= 0.3 is 29.6 Å². The van der Waals surface area contributed by atoms with Crippen molar-refractivity contribution >= 4 is 7.82 Å². The molecule has 0 aromatic rings. The Morgan fingerprint density at radius 2 is 1.04 bits per heavy atom. The number of hydrogen-bond acceptors (Lipinski definition) is 4. The molecule has 164 valence electrons. The van der Waals surface area contributed by atoms with E-state index in [1.165, 1.54) is 51.4 Å². The van der Waals surface area contributed by atoms with Crippen LogP contribution < -0.4 is 34.5 Å². The van der Waals surface area contributed by atoms with Crippen molar-refractivity contribution in [3.63, 3.8) is 0 Å². The molecule has 0 aromatic carbocycles. The van der Waals surface area contributed by atoms with Gasteiger partial charge < -0.3 is 13.9 Å². The maximum absolute atomic E-state index is 11.7. The molecule has 0 N–H and O–H groups in total. The zero-order valence-electron chi connectivity index (χ0n) is 19.5. The minimum atomic E-state index is -4.10. The van der Waals surface area contributed by atoms with Crippen LogP contribution in [-0.4, -0.2) is 13.2 Å². The Morgan fingerprint density at radius 3 is 1.39 bits per heavy atom. The van der Waals surface area contributed by atoms with Crippen molar-refractivity contribution < 1.29 is 48.1 Å². The van der Waals surface area contributed by atoms with Gasteiger partial charge in [0.25, 0.3) is 7.82 Å². The topological polar surface area (TPSA) is 58.6 Å². The first-order valence-corrected chi connectivity index (χ1v) is 13.0. The molecule has 0 saturated heterocycles. The second kappa shape index (κ2) is 21.3. The summed E-state index contributed by atoms with van der Waals surface area (Å²) in [5.74, 6) is 1.61. The molecule has 0 radical (unpaired) electrons. The maximum atomic E-state index is 11.7. The maximum Gasteiger partial charge on any atom is 1.00 e. The van der Waals surface area contributed by atoms with Gasteiger partial charge in [-0.15, -0.1) is 0 Å². The van der Waals surface area contributed by atoms with Crippen molar-refractivity contribution in [2.45, 2.75) is 118 Å². The van der Waals surface area contributed by atoms with Crippen LogP contribution in [0.2, 0.25) is 0 Å². The predicted octanol–water partition coefficient (Wildman–Crippen LogP) is 4.27.